The number of carbonyl (C=O) groups excluding carboxylic acids is 1. The molecule has 2 aliphatic heterocycles. The van der Waals surface area contributed by atoms with Gasteiger partial charge in [0, 0.05) is 49.7 Å². The number of carbonyl (C=O) groups is 1. The van der Waals surface area contributed by atoms with Crippen LogP contribution in [0.2, 0.25) is 0 Å². The summed E-state index contributed by atoms with van der Waals surface area (Å²) >= 11 is 0. The van der Waals surface area contributed by atoms with Crippen molar-refractivity contribution >= 4 is 11.9 Å². The summed E-state index contributed by atoms with van der Waals surface area (Å²) < 4.78 is 5.34. The first-order valence-electron chi connectivity index (χ1n) is 8.57. The van der Waals surface area contributed by atoms with Gasteiger partial charge < -0.3 is 15.0 Å². The number of nitrogens with zero attached hydrogens (tertiary/aromatic N) is 3. The van der Waals surface area contributed by atoms with Crippen molar-refractivity contribution in [2.24, 2.45) is 5.92 Å². The lowest BCUT2D eigenvalue weighted by Gasteiger charge is -2.33. The smallest absolute Gasteiger partial charge is 0.225 e. The van der Waals surface area contributed by atoms with Gasteiger partial charge in [-0.25, -0.2) is 9.97 Å². The van der Waals surface area contributed by atoms with E-state index in [-0.39, 0.29) is 17.9 Å². The van der Waals surface area contributed by atoms with E-state index in [9.17, 15) is 4.79 Å². The molecule has 23 heavy (non-hydrogen) atoms. The Morgan fingerprint density at radius 2 is 1.74 bits per heavy atom. The number of hydrogen-bond acceptors (Lipinski definition) is 5. The van der Waals surface area contributed by atoms with Gasteiger partial charge in [0.05, 0.1) is 0 Å². The molecule has 3 heterocycles. The minimum Gasteiger partial charge on any atom is -0.381 e. The summed E-state index contributed by atoms with van der Waals surface area (Å²) in [6, 6.07) is 2.27. The van der Waals surface area contributed by atoms with Crippen LogP contribution in [0.3, 0.4) is 0 Å². The van der Waals surface area contributed by atoms with Gasteiger partial charge in [-0.15, -0.1) is 0 Å². The SMILES string of the molecule is Cc1cc(C)nc(N2CCC(C(=O)NC3CCOCC3)CC2)n1. The standard InChI is InChI=1S/C17H26N4O2/c1-12-11-13(2)19-17(18-12)21-7-3-14(4-8-21)16(22)20-15-5-9-23-10-6-15/h11,14-15H,3-10H2,1-2H3,(H,20,22). The quantitative estimate of drug-likeness (QED) is 0.917. The number of ether oxygens (including phenoxy) is 1. The van der Waals surface area contributed by atoms with Crippen LogP contribution in [0.15, 0.2) is 6.07 Å². The van der Waals surface area contributed by atoms with Gasteiger partial charge in [-0.2, -0.15) is 0 Å². The highest BCUT2D eigenvalue weighted by molar-refractivity contribution is 5.79. The maximum Gasteiger partial charge on any atom is 0.225 e. The van der Waals surface area contributed by atoms with E-state index in [0.717, 1.165) is 69.3 Å². The van der Waals surface area contributed by atoms with E-state index in [2.05, 4.69) is 20.2 Å². The first-order chi connectivity index (χ1) is 11.1. The van der Waals surface area contributed by atoms with Gasteiger partial charge in [0.25, 0.3) is 0 Å². The van der Waals surface area contributed by atoms with Crippen LogP contribution >= 0.6 is 0 Å². The Morgan fingerprint density at radius 3 is 2.35 bits per heavy atom. The van der Waals surface area contributed by atoms with Crippen molar-refractivity contribution in [3.63, 3.8) is 0 Å². The van der Waals surface area contributed by atoms with E-state index in [1.165, 1.54) is 0 Å². The van der Waals surface area contributed by atoms with E-state index in [1.807, 2.05) is 19.9 Å². The normalized spacial score (nSPS) is 20.5. The van der Waals surface area contributed by atoms with Crippen molar-refractivity contribution < 1.29 is 9.53 Å². The summed E-state index contributed by atoms with van der Waals surface area (Å²) in [4.78, 5) is 23.7. The van der Waals surface area contributed by atoms with E-state index < -0.39 is 0 Å². The molecule has 2 fully saturated rings. The highest BCUT2D eigenvalue weighted by Crippen LogP contribution is 2.22. The molecular weight excluding hydrogens is 292 g/mol. The van der Waals surface area contributed by atoms with Crippen molar-refractivity contribution in [3.05, 3.63) is 17.5 Å². The fourth-order valence-electron chi connectivity index (χ4n) is 3.35. The summed E-state index contributed by atoms with van der Waals surface area (Å²) in [7, 11) is 0. The number of anilines is 1. The minimum absolute atomic E-state index is 0.111. The number of rotatable bonds is 3. The zero-order valence-corrected chi connectivity index (χ0v) is 14.0. The maximum absolute atomic E-state index is 12.4. The van der Waals surface area contributed by atoms with Crippen LogP contribution in [0.1, 0.15) is 37.1 Å². The Balaban J connectivity index is 1.52. The van der Waals surface area contributed by atoms with Gasteiger partial charge in [0.15, 0.2) is 0 Å². The van der Waals surface area contributed by atoms with Gasteiger partial charge in [-0.05, 0) is 45.6 Å². The molecule has 0 saturated carbocycles. The van der Waals surface area contributed by atoms with E-state index >= 15 is 0 Å². The second kappa shape index (κ2) is 7.25. The average Bonchev–Trinajstić information content (AvgIpc) is 2.55. The topological polar surface area (TPSA) is 67.4 Å². The number of aromatic nitrogens is 2. The molecule has 6 nitrogen and oxygen atoms in total. The highest BCUT2D eigenvalue weighted by Gasteiger charge is 2.28. The van der Waals surface area contributed by atoms with Gasteiger partial charge in [0.1, 0.15) is 0 Å². The third-order valence-electron chi connectivity index (χ3n) is 4.69. The monoisotopic (exact) mass is 318 g/mol. The van der Waals surface area contributed by atoms with Crippen LogP contribution in [0.25, 0.3) is 0 Å². The summed E-state index contributed by atoms with van der Waals surface area (Å²) in [5, 5.41) is 3.19. The molecule has 126 valence electrons. The zero-order valence-electron chi connectivity index (χ0n) is 14.0. The van der Waals surface area contributed by atoms with E-state index in [0.29, 0.717) is 0 Å². The van der Waals surface area contributed by atoms with Crippen molar-refractivity contribution in [2.45, 2.75) is 45.6 Å². The molecule has 1 aromatic heterocycles. The molecule has 0 aromatic carbocycles. The number of hydrogen-bond donors (Lipinski definition) is 1. The van der Waals surface area contributed by atoms with Crippen molar-refractivity contribution in [2.75, 3.05) is 31.2 Å². The van der Waals surface area contributed by atoms with Crippen molar-refractivity contribution in [1.82, 2.24) is 15.3 Å². The maximum atomic E-state index is 12.4. The molecule has 0 atom stereocenters. The molecule has 3 rings (SSSR count). The summed E-state index contributed by atoms with van der Waals surface area (Å²) in [6.07, 6.45) is 3.60. The predicted molar refractivity (Wildman–Crippen MR) is 88.4 cm³/mol. The molecule has 2 aliphatic rings. The lowest BCUT2D eigenvalue weighted by molar-refractivity contribution is -0.126. The first kappa shape index (κ1) is 16.2. The summed E-state index contributed by atoms with van der Waals surface area (Å²) in [5.41, 5.74) is 1.98. The highest BCUT2D eigenvalue weighted by atomic mass is 16.5. The Morgan fingerprint density at radius 1 is 1.13 bits per heavy atom. The molecular formula is C17H26N4O2. The summed E-state index contributed by atoms with van der Waals surface area (Å²) in [6.45, 7) is 7.18. The van der Waals surface area contributed by atoms with Gasteiger partial charge in [0.2, 0.25) is 11.9 Å². The number of amides is 1. The Bertz CT molecular complexity index is 529. The molecule has 1 N–H and O–H groups in total. The number of piperidine rings is 1. The second-order valence-corrected chi connectivity index (χ2v) is 6.61. The molecule has 0 aliphatic carbocycles. The van der Waals surface area contributed by atoms with Gasteiger partial charge in [-0.1, -0.05) is 0 Å². The van der Waals surface area contributed by atoms with Crippen LogP contribution in [0.4, 0.5) is 5.95 Å². The zero-order chi connectivity index (χ0) is 16.2. The lowest BCUT2D eigenvalue weighted by atomic mass is 9.95. The molecule has 2 saturated heterocycles. The molecule has 0 unspecified atom stereocenters. The molecule has 1 aromatic rings. The third kappa shape index (κ3) is 4.19. The third-order valence-corrected chi connectivity index (χ3v) is 4.69. The fraction of sp³-hybridized carbons (Fsp3) is 0.706. The van der Waals surface area contributed by atoms with Crippen molar-refractivity contribution in [3.8, 4) is 0 Å². The molecule has 0 spiro atoms. The minimum atomic E-state index is 0.111. The van der Waals surface area contributed by atoms with Crippen LogP contribution < -0.4 is 10.2 Å². The molecule has 6 heteroatoms. The van der Waals surface area contributed by atoms with E-state index in [4.69, 9.17) is 4.74 Å². The Labute approximate surface area is 137 Å². The average molecular weight is 318 g/mol. The molecule has 0 bridgehead atoms. The van der Waals surface area contributed by atoms with E-state index in [1.54, 1.807) is 0 Å². The first-order valence-corrected chi connectivity index (χ1v) is 8.57. The van der Waals surface area contributed by atoms with Crippen LogP contribution in [0, 0.1) is 19.8 Å². The molecule has 0 radical (unpaired) electrons. The van der Waals surface area contributed by atoms with Crippen LogP contribution in [-0.4, -0.2) is 48.2 Å². The van der Waals surface area contributed by atoms with Crippen LogP contribution in [-0.2, 0) is 9.53 Å². The second-order valence-electron chi connectivity index (χ2n) is 6.61. The number of aryl methyl sites for hydroxylation is 2. The molecule has 1 amide bonds. The Hall–Kier alpha value is -1.69. The van der Waals surface area contributed by atoms with Gasteiger partial charge in [-0.3, -0.25) is 4.79 Å². The van der Waals surface area contributed by atoms with Gasteiger partial charge >= 0.3 is 0 Å². The van der Waals surface area contributed by atoms with Crippen molar-refractivity contribution in [1.29, 1.82) is 0 Å². The largest absolute Gasteiger partial charge is 0.381 e. The fourth-order valence-corrected chi connectivity index (χ4v) is 3.35. The van der Waals surface area contributed by atoms with Crippen LogP contribution in [0.5, 0.6) is 0 Å². The Kier molecular flexibility index (Phi) is 5.10. The summed E-state index contributed by atoms with van der Waals surface area (Å²) in [5.74, 6) is 1.11. The number of nitrogens with one attached hydrogen (secondary N) is 1. The predicted octanol–water partition coefficient (Wildman–Crippen LogP) is 1.61. The lowest BCUT2D eigenvalue weighted by Crippen LogP contribution is -2.45.